The van der Waals surface area contributed by atoms with E-state index in [2.05, 4.69) is 23.2 Å². The van der Waals surface area contributed by atoms with Crippen LogP contribution in [0.3, 0.4) is 0 Å². The fourth-order valence-corrected chi connectivity index (χ4v) is 5.36. The van der Waals surface area contributed by atoms with Crippen LogP contribution >= 0.6 is 11.3 Å². The number of ketones is 1. The van der Waals surface area contributed by atoms with Crippen molar-refractivity contribution in [2.75, 3.05) is 29.4 Å². The van der Waals surface area contributed by atoms with E-state index >= 15 is 0 Å². The molecular weight excluding hydrogens is 443 g/mol. The summed E-state index contributed by atoms with van der Waals surface area (Å²) in [6.45, 7) is 5.44. The van der Waals surface area contributed by atoms with Crippen molar-refractivity contribution in [3.8, 4) is 0 Å². The lowest BCUT2D eigenvalue weighted by atomic mass is 10.1. The van der Waals surface area contributed by atoms with Gasteiger partial charge in [-0.05, 0) is 12.5 Å². The number of carbonyl (C=O) groups excluding carboxylic acids is 1. The Morgan fingerprint density at radius 1 is 1.16 bits per heavy atom. The molecule has 1 saturated heterocycles. The Labute approximate surface area is 186 Å². The van der Waals surface area contributed by atoms with Crippen LogP contribution in [0, 0.1) is 5.92 Å². The van der Waals surface area contributed by atoms with Gasteiger partial charge in [-0.3, -0.25) is 4.79 Å². The predicted molar refractivity (Wildman–Crippen MR) is 114 cm³/mol. The minimum atomic E-state index is -4.54. The maximum absolute atomic E-state index is 13.2. The monoisotopic (exact) mass is 465 g/mol. The van der Waals surface area contributed by atoms with Gasteiger partial charge in [0.2, 0.25) is 11.8 Å². The minimum absolute atomic E-state index is 0.0777. The van der Waals surface area contributed by atoms with Crippen molar-refractivity contribution >= 4 is 39.1 Å². The molecule has 0 N–H and O–H groups in total. The molecular formula is C20H22F3N7OS. The van der Waals surface area contributed by atoms with E-state index in [9.17, 15) is 18.0 Å². The van der Waals surface area contributed by atoms with Crippen molar-refractivity contribution in [1.29, 1.82) is 0 Å². The van der Waals surface area contributed by atoms with Gasteiger partial charge in [0.1, 0.15) is 10.6 Å². The summed E-state index contributed by atoms with van der Waals surface area (Å²) in [5.74, 6) is 0.512. The van der Waals surface area contributed by atoms with Crippen molar-refractivity contribution in [3.63, 3.8) is 0 Å². The number of hydrogen-bond donors (Lipinski definition) is 0. The fraction of sp³-hybridized carbons (Fsp3) is 0.550. The van der Waals surface area contributed by atoms with Gasteiger partial charge in [0.15, 0.2) is 11.6 Å². The molecule has 1 unspecified atom stereocenters. The van der Waals surface area contributed by atoms with Crippen LogP contribution in [0.1, 0.15) is 36.8 Å². The molecule has 8 nitrogen and oxygen atoms in total. The normalized spacial score (nSPS) is 19.3. The van der Waals surface area contributed by atoms with Gasteiger partial charge in [-0.15, -0.1) is 21.5 Å². The molecule has 0 saturated carbocycles. The van der Waals surface area contributed by atoms with E-state index in [-0.39, 0.29) is 37.2 Å². The van der Waals surface area contributed by atoms with Gasteiger partial charge in [-0.2, -0.15) is 18.2 Å². The summed E-state index contributed by atoms with van der Waals surface area (Å²) < 4.78 is 40.8. The van der Waals surface area contributed by atoms with E-state index in [1.807, 2.05) is 16.7 Å². The Bertz CT molecular complexity index is 1190. The van der Waals surface area contributed by atoms with E-state index in [0.29, 0.717) is 24.9 Å². The lowest BCUT2D eigenvalue weighted by Crippen LogP contribution is -2.36. The minimum Gasteiger partial charge on any atom is -0.347 e. The van der Waals surface area contributed by atoms with Crippen LogP contribution in [0.4, 0.5) is 24.9 Å². The van der Waals surface area contributed by atoms with E-state index in [1.54, 1.807) is 11.3 Å². The lowest BCUT2D eigenvalue weighted by Gasteiger charge is -2.30. The first-order valence-electron chi connectivity index (χ1n) is 10.6. The molecule has 2 aliphatic rings. The first-order valence-corrected chi connectivity index (χ1v) is 11.4. The largest absolute Gasteiger partial charge is 0.451 e. The molecule has 0 bridgehead atoms. The third-order valence-corrected chi connectivity index (χ3v) is 6.98. The van der Waals surface area contributed by atoms with E-state index < -0.39 is 12.0 Å². The second-order valence-electron chi connectivity index (χ2n) is 8.29. The highest BCUT2D eigenvalue weighted by Crippen LogP contribution is 2.36. The maximum Gasteiger partial charge on any atom is 0.451 e. The van der Waals surface area contributed by atoms with Crippen molar-refractivity contribution in [2.45, 2.75) is 46.0 Å². The van der Waals surface area contributed by atoms with E-state index in [0.717, 1.165) is 27.6 Å². The van der Waals surface area contributed by atoms with Crippen molar-refractivity contribution in [1.82, 2.24) is 24.7 Å². The highest BCUT2D eigenvalue weighted by Gasteiger charge is 2.40. The lowest BCUT2D eigenvalue weighted by molar-refractivity contribution is -0.147. The van der Waals surface area contributed by atoms with E-state index in [4.69, 9.17) is 9.97 Å². The van der Waals surface area contributed by atoms with Crippen LogP contribution in [0.25, 0.3) is 10.2 Å². The van der Waals surface area contributed by atoms with Gasteiger partial charge in [0.25, 0.3) is 0 Å². The smallest absolute Gasteiger partial charge is 0.347 e. The summed E-state index contributed by atoms with van der Waals surface area (Å²) in [5, 5.41) is 8.04. The second-order valence-corrected chi connectivity index (χ2v) is 9.40. The highest BCUT2D eigenvalue weighted by molar-refractivity contribution is 7.18. The Balaban J connectivity index is 1.55. The standard InChI is InChI=1S/C20H22F3N7OS/c1-3-4-12-7-13-16(24-19(25-17(13)32-12)29-8-11(2)14(31)9-29)28-5-6-30-15(10-28)26-27-18(30)20(21,22)23/h7,11H,3-6,8-10H2,1-2H3. The summed E-state index contributed by atoms with van der Waals surface area (Å²) in [6, 6.07) is 2.07. The zero-order chi connectivity index (χ0) is 22.6. The molecule has 0 spiro atoms. The number of alkyl halides is 3. The van der Waals surface area contributed by atoms with Crippen LogP contribution < -0.4 is 9.80 Å². The molecule has 5 rings (SSSR count). The van der Waals surface area contributed by atoms with Crippen LogP contribution in [0.5, 0.6) is 0 Å². The first-order chi connectivity index (χ1) is 15.2. The predicted octanol–water partition coefficient (Wildman–Crippen LogP) is 3.30. The summed E-state index contributed by atoms with van der Waals surface area (Å²) >= 11 is 1.60. The third-order valence-electron chi connectivity index (χ3n) is 5.89. The highest BCUT2D eigenvalue weighted by atomic mass is 32.1. The van der Waals surface area contributed by atoms with Crippen LogP contribution in [0.15, 0.2) is 6.07 Å². The number of carbonyl (C=O) groups is 1. The number of halogens is 3. The fourth-order valence-electron chi connectivity index (χ4n) is 4.24. The molecule has 1 atom stereocenters. The molecule has 0 aromatic carbocycles. The quantitative estimate of drug-likeness (QED) is 0.585. The molecule has 0 aliphatic carbocycles. The number of thiophene rings is 1. The molecule has 32 heavy (non-hydrogen) atoms. The maximum atomic E-state index is 13.2. The van der Waals surface area contributed by atoms with Crippen LogP contribution in [0.2, 0.25) is 0 Å². The summed E-state index contributed by atoms with van der Waals surface area (Å²) in [4.78, 5) is 27.4. The van der Waals surface area contributed by atoms with Crippen molar-refractivity contribution in [2.24, 2.45) is 5.92 Å². The van der Waals surface area contributed by atoms with Crippen molar-refractivity contribution in [3.05, 3.63) is 22.6 Å². The number of rotatable bonds is 4. The Hall–Kier alpha value is -2.76. The second kappa shape index (κ2) is 7.68. The van der Waals surface area contributed by atoms with Gasteiger partial charge >= 0.3 is 6.18 Å². The number of hydrogen-bond acceptors (Lipinski definition) is 8. The summed E-state index contributed by atoms with van der Waals surface area (Å²) in [7, 11) is 0. The van der Waals surface area contributed by atoms with Gasteiger partial charge < -0.3 is 14.4 Å². The molecule has 2 aliphatic heterocycles. The zero-order valence-electron chi connectivity index (χ0n) is 17.7. The Morgan fingerprint density at radius 2 is 1.97 bits per heavy atom. The molecule has 0 amide bonds. The third kappa shape index (κ3) is 3.59. The average molecular weight is 466 g/mol. The van der Waals surface area contributed by atoms with Crippen molar-refractivity contribution < 1.29 is 18.0 Å². The van der Waals surface area contributed by atoms with Crippen LogP contribution in [-0.2, 0) is 30.5 Å². The number of nitrogens with zero attached hydrogens (tertiary/aromatic N) is 7. The zero-order valence-corrected chi connectivity index (χ0v) is 18.5. The van der Waals surface area contributed by atoms with E-state index in [1.165, 1.54) is 4.88 Å². The molecule has 3 aromatic rings. The topological polar surface area (TPSA) is 80.0 Å². The number of aromatic nitrogens is 5. The SMILES string of the molecule is CCCc1cc2c(N3CCn4c(nnc4C(F)(F)F)C3)nc(N3CC(=O)C(C)C3)nc2s1. The molecule has 5 heterocycles. The Kier molecular flexibility index (Phi) is 5.06. The van der Waals surface area contributed by atoms with Gasteiger partial charge in [-0.1, -0.05) is 20.3 Å². The number of Topliss-reactive ketones (excluding diaryl/α,β-unsaturated/α-hetero) is 1. The molecule has 170 valence electrons. The Morgan fingerprint density at radius 3 is 2.66 bits per heavy atom. The van der Waals surface area contributed by atoms with Crippen LogP contribution in [-0.4, -0.2) is 50.1 Å². The van der Waals surface area contributed by atoms with Gasteiger partial charge in [0.05, 0.1) is 18.5 Å². The number of fused-ring (bicyclic) bond motifs is 2. The summed E-state index contributed by atoms with van der Waals surface area (Å²) in [6.07, 6.45) is -2.63. The van der Waals surface area contributed by atoms with Gasteiger partial charge in [0, 0.05) is 30.4 Å². The molecule has 3 aromatic heterocycles. The summed E-state index contributed by atoms with van der Waals surface area (Å²) in [5.41, 5.74) is 0. The molecule has 0 radical (unpaired) electrons. The molecule has 12 heteroatoms. The number of anilines is 2. The average Bonchev–Trinajstić information content (AvgIpc) is 3.43. The molecule has 1 fully saturated rings. The van der Waals surface area contributed by atoms with Gasteiger partial charge in [-0.25, -0.2) is 4.98 Å². The number of aryl methyl sites for hydroxylation is 1. The first kappa shape index (κ1) is 21.1.